The van der Waals surface area contributed by atoms with Crippen molar-refractivity contribution in [1.82, 2.24) is 14.7 Å². The molecule has 1 aliphatic rings. The van der Waals surface area contributed by atoms with Crippen LogP contribution in [0.5, 0.6) is 0 Å². The van der Waals surface area contributed by atoms with Gasteiger partial charge in [0, 0.05) is 36.5 Å². The Kier molecular flexibility index (Phi) is 4.31. The summed E-state index contributed by atoms with van der Waals surface area (Å²) in [6.45, 7) is -2.28. The summed E-state index contributed by atoms with van der Waals surface area (Å²) in [7, 11) is 0. The minimum atomic E-state index is -2.73. The quantitative estimate of drug-likeness (QED) is 0.899. The van der Waals surface area contributed by atoms with Crippen molar-refractivity contribution in [3.05, 3.63) is 24.4 Å². The highest BCUT2D eigenvalue weighted by atomic mass is 19.3. The number of hydrogen-bond acceptors (Lipinski definition) is 4. The summed E-state index contributed by atoms with van der Waals surface area (Å²) in [6.07, 6.45) is 0.769. The van der Waals surface area contributed by atoms with E-state index in [1.54, 1.807) is 6.07 Å². The van der Waals surface area contributed by atoms with E-state index in [-0.39, 0.29) is 24.4 Å². The second-order valence-corrected chi connectivity index (χ2v) is 5.67. The Hall–Kier alpha value is -2.73. The summed E-state index contributed by atoms with van der Waals surface area (Å²) >= 11 is 0. The first-order chi connectivity index (χ1) is 11.5. The zero-order valence-electron chi connectivity index (χ0n) is 12.6. The lowest BCUT2D eigenvalue weighted by atomic mass is 10.0. The van der Waals surface area contributed by atoms with Gasteiger partial charge in [0.2, 0.25) is 0 Å². The van der Waals surface area contributed by atoms with Crippen molar-refractivity contribution >= 4 is 22.6 Å². The van der Waals surface area contributed by atoms with E-state index < -0.39 is 18.7 Å². The van der Waals surface area contributed by atoms with E-state index in [0.717, 1.165) is 0 Å². The molecule has 1 fully saturated rings. The second-order valence-electron chi connectivity index (χ2n) is 5.67. The van der Waals surface area contributed by atoms with E-state index in [4.69, 9.17) is 5.26 Å². The number of likely N-dealkylation sites (tertiary alicyclic amines) is 1. The molecule has 0 spiro atoms. The van der Waals surface area contributed by atoms with Crippen LogP contribution in [-0.4, -0.2) is 45.0 Å². The number of hydrogen-bond donors (Lipinski definition) is 2. The molecule has 1 aromatic carbocycles. The molecule has 9 heteroatoms. The highest BCUT2D eigenvalue weighted by molar-refractivity contribution is 5.92. The molecule has 126 valence electrons. The molecule has 0 bridgehead atoms. The van der Waals surface area contributed by atoms with Gasteiger partial charge in [-0.2, -0.15) is 19.1 Å². The maximum Gasteiger partial charge on any atom is 0.333 e. The molecule has 0 aliphatic carbocycles. The zero-order valence-corrected chi connectivity index (χ0v) is 12.6. The number of alkyl halides is 2. The van der Waals surface area contributed by atoms with Crippen LogP contribution in [0.2, 0.25) is 0 Å². The summed E-state index contributed by atoms with van der Waals surface area (Å²) in [5, 5.41) is 25.3. The largest absolute Gasteiger partial charge is 0.391 e. The molecule has 0 radical (unpaired) electrons. The monoisotopic (exact) mass is 335 g/mol. The number of urea groups is 1. The third-order valence-corrected chi connectivity index (χ3v) is 4.08. The number of nitrogens with zero attached hydrogens (tertiary/aromatic N) is 4. The predicted molar refractivity (Wildman–Crippen MR) is 81.3 cm³/mol. The van der Waals surface area contributed by atoms with Gasteiger partial charge in [-0.3, -0.25) is 0 Å². The lowest BCUT2D eigenvalue weighted by Crippen LogP contribution is -2.33. The molecule has 2 aromatic rings. The Bertz CT molecular complexity index is 801. The molecule has 0 saturated carbocycles. The number of rotatable bonds is 3. The number of aromatic nitrogens is 2. The molecule has 1 aliphatic heterocycles. The fourth-order valence-electron chi connectivity index (χ4n) is 2.83. The molecular weight excluding hydrogens is 320 g/mol. The second kappa shape index (κ2) is 6.41. The van der Waals surface area contributed by atoms with Gasteiger partial charge in [0.15, 0.2) is 0 Å². The van der Waals surface area contributed by atoms with Crippen molar-refractivity contribution in [3.63, 3.8) is 0 Å². The molecule has 1 saturated heterocycles. The molecule has 0 unspecified atom stereocenters. The summed E-state index contributed by atoms with van der Waals surface area (Å²) in [4.78, 5) is 13.7. The number of β-amino-alcohol motifs (C(OH)–C–C–N with tert-alkyl or cyclic N) is 1. The van der Waals surface area contributed by atoms with Crippen molar-refractivity contribution in [3.8, 4) is 6.07 Å². The van der Waals surface area contributed by atoms with Gasteiger partial charge in [0.25, 0.3) is 0 Å². The summed E-state index contributed by atoms with van der Waals surface area (Å²) in [5.41, 5.74) is 0.716. The van der Waals surface area contributed by atoms with E-state index in [0.29, 0.717) is 22.3 Å². The molecular formula is C15H15F2N5O2. The van der Waals surface area contributed by atoms with Gasteiger partial charge in [-0.15, -0.1) is 0 Å². The smallest absolute Gasteiger partial charge is 0.333 e. The van der Waals surface area contributed by atoms with Crippen LogP contribution in [-0.2, 0) is 0 Å². The first kappa shape index (κ1) is 16.1. The molecule has 2 amide bonds. The van der Waals surface area contributed by atoms with Crippen LogP contribution in [0.15, 0.2) is 24.4 Å². The lowest BCUT2D eigenvalue weighted by molar-refractivity contribution is 0.0615. The minimum Gasteiger partial charge on any atom is -0.391 e. The zero-order chi connectivity index (χ0) is 17.3. The van der Waals surface area contributed by atoms with Gasteiger partial charge in [-0.1, -0.05) is 0 Å². The number of nitrogens with one attached hydrogen (secondary N) is 1. The van der Waals surface area contributed by atoms with Gasteiger partial charge in [-0.25, -0.2) is 9.48 Å². The summed E-state index contributed by atoms with van der Waals surface area (Å²) in [6, 6.07) is 6.11. The van der Waals surface area contributed by atoms with Crippen LogP contribution in [0.3, 0.4) is 0 Å². The van der Waals surface area contributed by atoms with Crippen LogP contribution in [0.1, 0.15) is 13.0 Å². The third kappa shape index (κ3) is 3.00. The molecule has 2 atom stereocenters. The molecule has 24 heavy (non-hydrogen) atoms. The molecule has 3 rings (SSSR count). The average Bonchev–Trinajstić information content (AvgIpc) is 3.11. The SMILES string of the molecule is N#CC[C@@H]1CN(C(=O)Nc2ccc3c(cnn3C(F)F)c2)C[C@H]1O. The number of carbonyl (C=O) groups is 1. The van der Waals surface area contributed by atoms with Gasteiger partial charge in [-0.05, 0) is 18.2 Å². The minimum absolute atomic E-state index is 0.156. The molecule has 7 nitrogen and oxygen atoms in total. The van der Waals surface area contributed by atoms with Gasteiger partial charge < -0.3 is 15.3 Å². The number of fused-ring (bicyclic) bond motifs is 1. The van der Waals surface area contributed by atoms with Crippen molar-refractivity contribution in [2.24, 2.45) is 5.92 Å². The first-order valence-corrected chi connectivity index (χ1v) is 7.36. The van der Waals surface area contributed by atoms with Crippen LogP contribution in [0.25, 0.3) is 10.9 Å². The molecule has 1 aromatic heterocycles. The van der Waals surface area contributed by atoms with Crippen LogP contribution in [0.4, 0.5) is 19.3 Å². The topological polar surface area (TPSA) is 94.2 Å². The Morgan fingerprint density at radius 2 is 2.29 bits per heavy atom. The van der Waals surface area contributed by atoms with Crippen LogP contribution in [0, 0.1) is 17.2 Å². The number of benzene rings is 1. The Balaban J connectivity index is 1.71. The normalized spacial score (nSPS) is 20.5. The lowest BCUT2D eigenvalue weighted by Gasteiger charge is -2.16. The third-order valence-electron chi connectivity index (χ3n) is 4.08. The fourth-order valence-corrected chi connectivity index (χ4v) is 2.83. The van der Waals surface area contributed by atoms with E-state index in [1.807, 2.05) is 6.07 Å². The van der Waals surface area contributed by atoms with Crippen molar-refractivity contribution < 1.29 is 18.7 Å². The molecule has 2 N–H and O–H groups in total. The van der Waals surface area contributed by atoms with Crippen molar-refractivity contribution in [2.45, 2.75) is 19.1 Å². The van der Waals surface area contributed by atoms with E-state index in [1.165, 1.54) is 23.2 Å². The number of anilines is 1. The van der Waals surface area contributed by atoms with Crippen LogP contribution >= 0.6 is 0 Å². The van der Waals surface area contributed by atoms with E-state index in [9.17, 15) is 18.7 Å². The predicted octanol–water partition coefficient (Wildman–Crippen LogP) is 2.17. The highest BCUT2D eigenvalue weighted by Crippen LogP contribution is 2.24. The number of halogens is 2. The fraction of sp³-hybridized carbons (Fsp3) is 0.400. The van der Waals surface area contributed by atoms with Crippen LogP contribution < -0.4 is 5.32 Å². The maximum absolute atomic E-state index is 12.8. The van der Waals surface area contributed by atoms with Crippen molar-refractivity contribution in [1.29, 1.82) is 5.26 Å². The van der Waals surface area contributed by atoms with Gasteiger partial charge >= 0.3 is 12.6 Å². The first-order valence-electron chi connectivity index (χ1n) is 7.36. The van der Waals surface area contributed by atoms with Gasteiger partial charge in [0.1, 0.15) is 0 Å². The van der Waals surface area contributed by atoms with Gasteiger partial charge in [0.05, 0.1) is 23.9 Å². The summed E-state index contributed by atoms with van der Waals surface area (Å²) < 4.78 is 26.1. The standard InChI is InChI=1S/C15H15F2N5O2/c16-14(17)22-12-2-1-11(5-10(12)6-19-22)20-15(24)21-7-9(3-4-18)13(23)8-21/h1-2,5-6,9,13-14,23H,3,7-8H2,(H,20,24)/t9-,13-/m1/s1. The molecule has 2 heterocycles. The Morgan fingerprint density at radius 1 is 1.50 bits per heavy atom. The average molecular weight is 335 g/mol. The number of aliphatic hydroxyl groups is 1. The van der Waals surface area contributed by atoms with E-state index >= 15 is 0 Å². The van der Waals surface area contributed by atoms with E-state index in [2.05, 4.69) is 10.4 Å². The number of amides is 2. The Labute approximate surface area is 136 Å². The summed E-state index contributed by atoms with van der Waals surface area (Å²) in [5.74, 6) is -0.257. The number of carbonyl (C=O) groups excluding carboxylic acids is 1. The van der Waals surface area contributed by atoms with Crippen molar-refractivity contribution in [2.75, 3.05) is 18.4 Å². The number of aliphatic hydroxyl groups excluding tert-OH is 1. The Morgan fingerprint density at radius 3 is 3.00 bits per heavy atom. The number of nitriles is 1. The highest BCUT2D eigenvalue weighted by Gasteiger charge is 2.33. The maximum atomic E-state index is 12.8.